The van der Waals surface area contributed by atoms with E-state index in [1.165, 1.54) is 0 Å². The van der Waals surface area contributed by atoms with Gasteiger partial charge in [-0.05, 0) is 12.1 Å². The Hall–Kier alpha value is 1.59. The van der Waals surface area contributed by atoms with Gasteiger partial charge in [0.25, 0.3) is 0 Å². The lowest BCUT2D eigenvalue weighted by molar-refractivity contribution is 1.21. The summed E-state index contributed by atoms with van der Waals surface area (Å²) in [6, 6.07) is 2.04. The van der Waals surface area contributed by atoms with Crippen molar-refractivity contribution in [1.29, 1.82) is 0 Å². The largest absolute Gasteiger partial charge is 0.106 e. The van der Waals surface area contributed by atoms with E-state index in [2.05, 4.69) is 6.92 Å². The molecular formula is C6H14Cl4Si2. The van der Waals surface area contributed by atoms with E-state index in [1.54, 1.807) is 0 Å². The molecule has 0 heterocycles. The molecule has 0 saturated heterocycles. The van der Waals surface area contributed by atoms with Gasteiger partial charge in [0, 0.05) is 19.0 Å². The lowest BCUT2D eigenvalue weighted by Gasteiger charge is -2.09. The zero-order valence-electron chi connectivity index (χ0n) is 7.07. The quantitative estimate of drug-likeness (QED) is 0.519. The SMILES string of the molecule is CC([SiH2]CC(Cl)Cl)[SiH2]CC(Cl)Cl. The summed E-state index contributed by atoms with van der Waals surface area (Å²) in [7, 11) is -0.148. The lowest BCUT2D eigenvalue weighted by atomic mass is 10.9. The zero-order chi connectivity index (χ0) is 9.56. The Bertz CT molecular complexity index is 97.7. The van der Waals surface area contributed by atoms with Crippen molar-refractivity contribution in [2.24, 2.45) is 0 Å². The smallest absolute Gasteiger partial charge is 0.105 e. The minimum absolute atomic E-state index is 0.0742. The van der Waals surface area contributed by atoms with E-state index in [0.29, 0.717) is 0 Å². The predicted molar refractivity (Wildman–Crippen MR) is 67.1 cm³/mol. The van der Waals surface area contributed by atoms with E-state index in [1.807, 2.05) is 0 Å². The molecule has 0 saturated carbocycles. The van der Waals surface area contributed by atoms with E-state index in [9.17, 15) is 0 Å². The Morgan fingerprint density at radius 1 is 0.917 bits per heavy atom. The van der Waals surface area contributed by atoms with Gasteiger partial charge in [0.05, 0.1) is 0 Å². The van der Waals surface area contributed by atoms with Crippen molar-refractivity contribution in [3.63, 3.8) is 0 Å². The van der Waals surface area contributed by atoms with Gasteiger partial charge in [-0.15, -0.1) is 46.4 Å². The van der Waals surface area contributed by atoms with Crippen LogP contribution in [0.3, 0.4) is 0 Å². The highest BCUT2D eigenvalue weighted by atomic mass is 35.5. The Morgan fingerprint density at radius 3 is 1.50 bits per heavy atom. The molecule has 0 nitrogen and oxygen atoms in total. The molecule has 0 aromatic rings. The molecule has 12 heavy (non-hydrogen) atoms. The van der Waals surface area contributed by atoms with Gasteiger partial charge in [-0.1, -0.05) is 12.1 Å². The lowest BCUT2D eigenvalue weighted by Crippen LogP contribution is -2.11. The summed E-state index contributed by atoms with van der Waals surface area (Å²) in [4.78, 5) is -0.313. The van der Waals surface area contributed by atoms with Crippen LogP contribution in [-0.4, -0.2) is 28.7 Å². The molecular weight excluding hydrogens is 270 g/mol. The fourth-order valence-corrected chi connectivity index (χ4v) is 6.69. The molecule has 0 spiro atoms. The molecule has 0 amide bonds. The maximum absolute atomic E-state index is 5.65. The van der Waals surface area contributed by atoms with Gasteiger partial charge in [-0.3, -0.25) is 0 Å². The van der Waals surface area contributed by atoms with Gasteiger partial charge in [0.2, 0.25) is 0 Å². The van der Waals surface area contributed by atoms with Crippen LogP contribution in [0.5, 0.6) is 0 Å². The van der Waals surface area contributed by atoms with Gasteiger partial charge < -0.3 is 0 Å². The summed E-state index contributed by atoms with van der Waals surface area (Å²) in [6.45, 7) is 2.28. The van der Waals surface area contributed by atoms with Crippen LogP contribution in [0.15, 0.2) is 0 Å². The van der Waals surface area contributed by atoms with Crippen LogP contribution in [0.2, 0.25) is 17.3 Å². The van der Waals surface area contributed by atoms with Crippen molar-refractivity contribution in [2.75, 3.05) is 0 Å². The van der Waals surface area contributed by atoms with Crippen LogP contribution in [0.25, 0.3) is 0 Å². The first-order valence-corrected chi connectivity index (χ1v) is 9.46. The van der Waals surface area contributed by atoms with Crippen LogP contribution in [0.1, 0.15) is 6.92 Å². The van der Waals surface area contributed by atoms with Crippen molar-refractivity contribution < 1.29 is 0 Å². The summed E-state index contributed by atoms with van der Waals surface area (Å²) in [5.74, 6) is 0. The first-order chi connectivity index (χ1) is 5.52. The Morgan fingerprint density at radius 2 is 1.25 bits per heavy atom. The number of alkyl halides is 4. The molecule has 0 aliphatic heterocycles. The Kier molecular flexibility index (Phi) is 9.00. The van der Waals surface area contributed by atoms with Crippen LogP contribution in [-0.2, 0) is 0 Å². The fraction of sp³-hybridized carbons (Fsp3) is 1.00. The summed E-state index contributed by atoms with van der Waals surface area (Å²) in [5, 5.41) is 0.880. The normalized spacial score (nSPS) is 16.2. The first kappa shape index (κ1) is 13.6. The Labute approximate surface area is 98.9 Å². The molecule has 0 fully saturated rings. The van der Waals surface area contributed by atoms with Gasteiger partial charge in [0.1, 0.15) is 9.67 Å². The molecule has 0 aromatic carbocycles. The highest BCUT2D eigenvalue weighted by Crippen LogP contribution is 2.15. The van der Waals surface area contributed by atoms with Crippen molar-refractivity contribution in [3.8, 4) is 0 Å². The highest BCUT2D eigenvalue weighted by Gasteiger charge is 2.08. The monoisotopic (exact) mass is 282 g/mol. The number of hydrogen-bond acceptors (Lipinski definition) is 0. The topological polar surface area (TPSA) is 0 Å². The van der Waals surface area contributed by atoms with Crippen LogP contribution in [0, 0.1) is 0 Å². The van der Waals surface area contributed by atoms with Crippen molar-refractivity contribution in [2.45, 2.75) is 33.8 Å². The number of hydrogen-bond donors (Lipinski definition) is 0. The summed E-state index contributed by atoms with van der Waals surface area (Å²) >= 11 is 22.6. The van der Waals surface area contributed by atoms with Gasteiger partial charge in [-0.25, -0.2) is 0 Å². The average molecular weight is 284 g/mol. The minimum Gasteiger partial charge on any atom is -0.106 e. The van der Waals surface area contributed by atoms with Gasteiger partial charge in [-0.2, -0.15) is 0 Å². The molecule has 0 unspecified atom stereocenters. The molecule has 0 radical (unpaired) electrons. The van der Waals surface area contributed by atoms with Gasteiger partial charge in [0.15, 0.2) is 0 Å². The summed E-state index contributed by atoms with van der Waals surface area (Å²) in [5.41, 5.74) is 0. The third-order valence-corrected chi connectivity index (χ3v) is 10.3. The summed E-state index contributed by atoms with van der Waals surface area (Å²) < 4.78 is 0. The average Bonchev–Trinajstić information content (AvgIpc) is 1.96. The Balaban J connectivity index is 3.27. The highest BCUT2D eigenvalue weighted by molar-refractivity contribution is 6.62. The number of rotatable bonds is 6. The molecule has 0 atom stereocenters. The molecule has 0 aliphatic rings. The third kappa shape index (κ3) is 9.68. The number of halogens is 4. The van der Waals surface area contributed by atoms with E-state index >= 15 is 0 Å². The van der Waals surface area contributed by atoms with Gasteiger partial charge >= 0.3 is 0 Å². The summed E-state index contributed by atoms with van der Waals surface area (Å²) in [6.07, 6.45) is 0. The third-order valence-electron chi connectivity index (χ3n) is 1.76. The second-order valence-corrected chi connectivity index (χ2v) is 11.8. The van der Waals surface area contributed by atoms with E-state index in [-0.39, 0.29) is 28.7 Å². The first-order valence-electron chi connectivity index (χ1n) is 4.08. The predicted octanol–water partition coefficient (Wildman–Crippen LogP) is 2.53. The van der Waals surface area contributed by atoms with E-state index in [4.69, 9.17) is 46.4 Å². The molecule has 0 aliphatic carbocycles. The molecule has 0 rings (SSSR count). The molecule has 74 valence electrons. The minimum atomic E-state index is -0.157. The molecule has 6 heteroatoms. The molecule has 0 aromatic heterocycles. The van der Waals surface area contributed by atoms with Crippen molar-refractivity contribution in [1.82, 2.24) is 0 Å². The van der Waals surface area contributed by atoms with Crippen molar-refractivity contribution in [3.05, 3.63) is 0 Å². The second-order valence-electron chi connectivity index (χ2n) is 3.04. The van der Waals surface area contributed by atoms with Crippen molar-refractivity contribution >= 4 is 65.4 Å². The van der Waals surface area contributed by atoms with E-state index < -0.39 is 0 Å². The zero-order valence-corrected chi connectivity index (χ0v) is 12.9. The molecule has 0 bridgehead atoms. The van der Waals surface area contributed by atoms with Crippen LogP contribution >= 0.6 is 46.4 Å². The maximum Gasteiger partial charge on any atom is 0.105 e. The maximum atomic E-state index is 5.65. The fourth-order valence-electron chi connectivity index (χ4n) is 0.965. The second kappa shape index (κ2) is 7.95. The molecule has 0 N–H and O–H groups in total. The van der Waals surface area contributed by atoms with E-state index in [0.717, 1.165) is 17.3 Å². The van der Waals surface area contributed by atoms with Crippen LogP contribution in [0.4, 0.5) is 0 Å². The standard InChI is InChI=1S/C6H14Cl4Si2/c1-4(11-2-5(7)8)12-3-6(9)10/h4-6H,2-3,11-12H2,1H3. The van der Waals surface area contributed by atoms with Crippen LogP contribution < -0.4 is 0 Å².